The van der Waals surface area contributed by atoms with Gasteiger partial charge in [-0.3, -0.25) is 14.5 Å². The van der Waals surface area contributed by atoms with Crippen LogP contribution in [-0.2, 0) is 4.79 Å². The third-order valence-electron chi connectivity index (χ3n) is 2.79. The number of imide groups is 1. The van der Waals surface area contributed by atoms with Crippen molar-refractivity contribution in [2.24, 2.45) is 0 Å². The number of phenolic OH excluding ortho intramolecular Hbond substituents is 1. The number of hydrogen-bond acceptors (Lipinski definition) is 5. The number of nitrogens with zero attached hydrogens (tertiary/aromatic N) is 1. The first-order valence-electron chi connectivity index (χ1n) is 6.32. The predicted molar refractivity (Wildman–Crippen MR) is 88.5 cm³/mol. The quantitative estimate of drug-likeness (QED) is 0.640. The Morgan fingerprint density at radius 3 is 2.86 bits per heavy atom. The van der Waals surface area contributed by atoms with Crippen molar-refractivity contribution >= 4 is 44.9 Å². The van der Waals surface area contributed by atoms with Gasteiger partial charge in [-0.05, 0) is 42.5 Å². The lowest BCUT2D eigenvalue weighted by molar-refractivity contribution is -0.122. The van der Waals surface area contributed by atoms with Gasteiger partial charge in [0.05, 0.1) is 18.1 Å². The highest BCUT2D eigenvalue weighted by Crippen LogP contribution is 2.37. The predicted octanol–water partition coefficient (Wildman–Crippen LogP) is 3.22. The largest absolute Gasteiger partial charge is 0.504 e. The fourth-order valence-electron chi connectivity index (χ4n) is 1.81. The van der Waals surface area contributed by atoms with Crippen LogP contribution in [-0.4, -0.2) is 34.3 Å². The average Bonchev–Trinajstić information content (AvgIpc) is 2.72. The van der Waals surface area contributed by atoms with E-state index < -0.39 is 11.1 Å². The zero-order chi connectivity index (χ0) is 16.3. The van der Waals surface area contributed by atoms with E-state index in [2.05, 4.69) is 21.9 Å². The van der Waals surface area contributed by atoms with Gasteiger partial charge in [-0.1, -0.05) is 21.9 Å². The Balaban J connectivity index is 2.38. The molecule has 1 saturated heterocycles. The minimum absolute atomic E-state index is 0.00805. The standard InChI is InChI=1S/C15H12BrNO4S/c1-3-5-17-14(19)13(22-15(17)20)7-9-6-12(21-4-2)11(18)8-10(9)16/h1,6-8,18H,4-5H2,2H3/b13-7-. The van der Waals surface area contributed by atoms with Crippen molar-refractivity contribution in [2.45, 2.75) is 6.92 Å². The Labute approximate surface area is 140 Å². The van der Waals surface area contributed by atoms with E-state index in [1.54, 1.807) is 19.1 Å². The number of aromatic hydroxyl groups is 1. The molecule has 1 aliphatic heterocycles. The van der Waals surface area contributed by atoms with Crippen LogP contribution in [0.15, 0.2) is 21.5 Å². The van der Waals surface area contributed by atoms with Crippen LogP contribution in [0.1, 0.15) is 12.5 Å². The first-order chi connectivity index (χ1) is 10.5. The Morgan fingerprint density at radius 1 is 1.50 bits per heavy atom. The Kier molecular flexibility index (Phi) is 5.16. The molecule has 1 aliphatic rings. The number of hydrogen-bond donors (Lipinski definition) is 1. The number of rotatable bonds is 4. The molecule has 0 aliphatic carbocycles. The average molecular weight is 382 g/mol. The van der Waals surface area contributed by atoms with Crippen LogP contribution in [0.25, 0.3) is 6.08 Å². The van der Waals surface area contributed by atoms with Gasteiger partial charge in [0.25, 0.3) is 11.1 Å². The molecule has 2 rings (SSSR count). The number of carbonyl (C=O) groups is 2. The molecule has 0 spiro atoms. The zero-order valence-corrected chi connectivity index (χ0v) is 14.0. The number of ether oxygens (including phenoxy) is 1. The highest BCUT2D eigenvalue weighted by Gasteiger charge is 2.34. The smallest absolute Gasteiger partial charge is 0.294 e. The van der Waals surface area contributed by atoms with Crippen LogP contribution >= 0.6 is 27.7 Å². The molecule has 0 unspecified atom stereocenters. The van der Waals surface area contributed by atoms with Crippen LogP contribution < -0.4 is 4.74 Å². The van der Waals surface area contributed by atoms with Crippen molar-refractivity contribution in [3.63, 3.8) is 0 Å². The zero-order valence-electron chi connectivity index (χ0n) is 11.6. The molecule has 0 radical (unpaired) electrons. The second-order valence-electron chi connectivity index (χ2n) is 4.25. The molecule has 0 bridgehead atoms. The van der Waals surface area contributed by atoms with E-state index in [1.165, 1.54) is 6.07 Å². The monoisotopic (exact) mass is 381 g/mol. The molecule has 114 valence electrons. The second-order valence-corrected chi connectivity index (χ2v) is 6.09. The molecule has 1 heterocycles. The molecule has 5 nitrogen and oxygen atoms in total. The molecule has 2 amide bonds. The third kappa shape index (κ3) is 3.29. The van der Waals surface area contributed by atoms with E-state index in [1.807, 2.05) is 0 Å². The van der Waals surface area contributed by atoms with Gasteiger partial charge in [0.15, 0.2) is 11.5 Å². The summed E-state index contributed by atoms with van der Waals surface area (Å²) in [6.07, 6.45) is 6.71. The van der Waals surface area contributed by atoms with Crippen molar-refractivity contribution in [3.05, 3.63) is 27.1 Å². The number of amides is 2. The third-order valence-corrected chi connectivity index (χ3v) is 4.38. The maximum Gasteiger partial charge on any atom is 0.294 e. The van der Waals surface area contributed by atoms with Gasteiger partial charge in [0, 0.05) is 4.47 Å². The molecule has 0 aromatic heterocycles. The Hall–Kier alpha value is -1.91. The van der Waals surface area contributed by atoms with Gasteiger partial charge >= 0.3 is 0 Å². The lowest BCUT2D eigenvalue weighted by Gasteiger charge is -2.09. The molecule has 7 heteroatoms. The number of halogens is 1. The van der Waals surface area contributed by atoms with Crippen LogP contribution in [0.4, 0.5) is 4.79 Å². The second kappa shape index (κ2) is 6.90. The summed E-state index contributed by atoms with van der Waals surface area (Å²) in [7, 11) is 0. The van der Waals surface area contributed by atoms with Crippen LogP contribution in [0.2, 0.25) is 0 Å². The number of thioether (sulfide) groups is 1. The lowest BCUT2D eigenvalue weighted by Crippen LogP contribution is -2.28. The van der Waals surface area contributed by atoms with Gasteiger partial charge in [-0.25, -0.2) is 0 Å². The summed E-state index contributed by atoms with van der Waals surface area (Å²) in [5, 5.41) is 9.39. The maximum absolute atomic E-state index is 12.1. The minimum atomic E-state index is -0.425. The van der Waals surface area contributed by atoms with E-state index in [-0.39, 0.29) is 17.2 Å². The molecule has 0 atom stereocenters. The maximum atomic E-state index is 12.1. The van der Waals surface area contributed by atoms with Crippen LogP contribution in [0, 0.1) is 12.3 Å². The molecular weight excluding hydrogens is 370 g/mol. The van der Waals surface area contributed by atoms with Crippen molar-refractivity contribution in [2.75, 3.05) is 13.2 Å². The number of terminal acetylenes is 1. The molecule has 1 fully saturated rings. The van der Waals surface area contributed by atoms with Gasteiger partial charge < -0.3 is 9.84 Å². The van der Waals surface area contributed by atoms with E-state index in [0.29, 0.717) is 22.4 Å². The number of phenols is 1. The fraction of sp³-hybridized carbons (Fsp3) is 0.200. The van der Waals surface area contributed by atoms with E-state index in [9.17, 15) is 14.7 Å². The Morgan fingerprint density at radius 2 is 2.23 bits per heavy atom. The summed E-state index contributed by atoms with van der Waals surface area (Å²) in [4.78, 5) is 25.1. The summed E-state index contributed by atoms with van der Waals surface area (Å²) in [6, 6.07) is 3.07. The Bertz CT molecular complexity index is 708. The summed E-state index contributed by atoms with van der Waals surface area (Å²) in [5.41, 5.74) is 0.618. The SMILES string of the molecule is C#CCN1C(=O)S/C(=C\c2cc(OCC)c(O)cc2Br)C1=O. The summed E-state index contributed by atoms with van der Waals surface area (Å²) in [5.74, 6) is 2.15. The van der Waals surface area contributed by atoms with E-state index in [0.717, 1.165) is 16.7 Å². The van der Waals surface area contributed by atoms with Gasteiger partial charge in [-0.2, -0.15) is 0 Å². The van der Waals surface area contributed by atoms with Gasteiger partial charge in [-0.15, -0.1) is 6.42 Å². The molecule has 1 N–H and O–H groups in total. The topological polar surface area (TPSA) is 66.8 Å². The van der Waals surface area contributed by atoms with E-state index >= 15 is 0 Å². The lowest BCUT2D eigenvalue weighted by atomic mass is 10.2. The van der Waals surface area contributed by atoms with Gasteiger partial charge in [0.1, 0.15) is 0 Å². The normalized spacial score (nSPS) is 16.2. The van der Waals surface area contributed by atoms with Crippen LogP contribution in [0.3, 0.4) is 0 Å². The summed E-state index contributed by atoms with van der Waals surface area (Å²) >= 11 is 4.14. The minimum Gasteiger partial charge on any atom is -0.504 e. The number of carbonyl (C=O) groups excluding carboxylic acids is 2. The van der Waals surface area contributed by atoms with Crippen molar-refractivity contribution < 1.29 is 19.4 Å². The molecule has 1 aromatic carbocycles. The molecular formula is C15H12BrNO4S. The molecule has 22 heavy (non-hydrogen) atoms. The number of benzene rings is 1. The van der Waals surface area contributed by atoms with Crippen molar-refractivity contribution in [3.8, 4) is 23.8 Å². The first-order valence-corrected chi connectivity index (χ1v) is 7.93. The van der Waals surface area contributed by atoms with Crippen LogP contribution in [0.5, 0.6) is 11.5 Å². The van der Waals surface area contributed by atoms with Gasteiger partial charge in [0.2, 0.25) is 0 Å². The highest BCUT2D eigenvalue weighted by atomic mass is 79.9. The van der Waals surface area contributed by atoms with Crippen molar-refractivity contribution in [1.29, 1.82) is 0 Å². The summed E-state index contributed by atoms with van der Waals surface area (Å²) in [6.45, 7) is 2.14. The molecule has 0 saturated carbocycles. The van der Waals surface area contributed by atoms with E-state index in [4.69, 9.17) is 11.2 Å². The first kappa shape index (κ1) is 16.5. The summed E-state index contributed by atoms with van der Waals surface area (Å²) < 4.78 is 5.89. The molecule has 1 aromatic rings. The van der Waals surface area contributed by atoms with Crippen molar-refractivity contribution in [1.82, 2.24) is 4.90 Å². The highest BCUT2D eigenvalue weighted by molar-refractivity contribution is 9.10. The fourth-order valence-corrected chi connectivity index (χ4v) is 3.08.